The Bertz CT molecular complexity index is 527. The molecule has 2 rings (SSSR count). The highest BCUT2D eigenvalue weighted by molar-refractivity contribution is 5.69. The van der Waals surface area contributed by atoms with Gasteiger partial charge in [-0.05, 0) is 43.2 Å². The van der Waals surface area contributed by atoms with Gasteiger partial charge in [0, 0.05) is 19.2 Å². The largest absolute Gasteiger partial charge is 0.469 e. The molecule has 1 fully saturated rings. The molecule has 0 radical (unpaired) electrons. The Balaban J connectivity index is 1.88. The average molecular weight is 307 g/mol. The molecule has 6 heteroatoms. The number of nitrogens with one attached hydrogen (secondary N) is 1. The maximum atomic E-state index is 11.3. The van der Waals surface area contributed by atoms with Gasteiger partial charge in [0.25, 0.3) is 0 Å². The van der Waals surface area contributed by atoms with Gasteiger partial charge in [-0.3, -0.25) is 4.79 Å². The van der Waals surface area contributed by atoms with E-state index in [1.165, 1.54) is 7.11 Å². The van der Waals surface area contributed by atoms with E-state index >= 15 is 0 Å². The number of aromatic nitrogens is 1. The van der Waals surface area contributed by atoms with Crippen molar-refractivity contribution in [2.45, 2.75) is 44.8 Å². The van der Waals surface area contributed by atoms with Crippen LogP contribution in [0.5, 0.6) is 0 Å². The molecule has 1 unspecified atom stereocenters. The minimum absolute atomic E-state index is 0.128. The summed E-state index contributed by atoms with van der Waals surface area (Å²) in [6.07, 6.45) is 6.29. The van der Waals surface area contributed by atoms with E-state index in [2.05, 4.69) is 15.8 Å². The SMILES string of the molecule is COC(=O)CC[13c]1c[nH]c(C#N)c1CCOC1CCCCO1. The quantitative estimate of drug-likeness (QED) is 0.780. The molecule has 1 aliphatic heterocycles. The predicted molar refractivity (Wildman–Crippen MR) is 79.1 cm³/mol. The topological polar surface area (TPSA) is 84.3 Å². The number of aryl methyl sites for hydroxylation is 1. The lowest BCUT2D eigenvalue weighted by molar-refractivity contribution is -0.161. The molecule has 0 amide bonds. The first-order valence-electron chi connectivity index (χ1n) is 7.64. The first kappa shape index (κ1) is 16.5. The van der Waals surface area contributed by atoms with Gasteiger partial charge in [0.05, 0.1) is 13.7 Å². The van der Waals surface area contributed by atoms with Gasteiger partial charge in [-0.2, -0.15) is 5.26 Å². The highest BCUT2D eigenvalue weighted by Gasteiger charge is 2.16. The number of ether oxygens (including phenoxy) is 3. The molecule has 0 aromatic carbocycles. The van der Waals surface area contributed by atoms with Gasteiger partial charge in [0.2, 0.25) is 0 Å². The van der Waals surface area contributed by atoms with Crippen LogP contribution in [0, 0.1) is 11.3 Å². The second-order valence-corrected chi connectivity index (χ2v) is 5.27. The molecule has 0 spiro atoms. The van der Waals surface area contributed by atoms with Gasteiger partial charge in [-0.1, -0.05) is 0 Å². The number of hydrogen-bond donors (Lipinski definition) is 1. The molecule has 1 aromatic rings. The van der Waals surface area contributed by atoms with Crippen LogP contribution in [-0.4, -0.2) is 37.6 Å². The van der Waals surface area contributed by atoms with Crippen LogP contribution in [0.3, 0.4) is 0 Å². The minimum atomic E-state index is -0.252. The zero-order chi connectivity index (χ0) is 15.8. The van der Waals surface area contributed by atoms with Crippen LogP contribution in [0.2, 0.25) is 0 Å². The zero-order valence-corrected chi connectivity index (χ0v) is 12.9. The second kappa shape index (κ2) is 8.57. The van der Waals surface area contributed by atoms with Crippen molar-refractivity contribution in [3.8, 4) is 6.07 Å². The van der Waals surface area contributed by atoms with E-state index < -0.39 is 0 Å². The number of hydrogen-bond acceptors (Lipinski definition) is 5. The Morgan fingerprint density at radius 3 is 3.05 bits per heavy atom. The molecule has 1 atom stereocenters. The monoisotopic (exact) mass is 307 g/mol. The first-order chi connectivity index (χ1) is 10.7. The molecule has 6 nitrogen and oxygen atoms in total. The van der Waals surface area contributed by atoms with Gasteiger partial charge in [-0.15, -0.1) is 0 Å². The maximum Gasteiger partial charge on any atom is 0.305 e. The number of carbonyl (C=O) groups is 1. The third kappa shape index (κ3) is 4.58. The lowest BCUT2D eigenvalue weighted by Gasteiger charge is -2.22. The molecule has 2 heterocycles. The summed E-state index contributed by atoms with van der Waals surface area (Å²) in [5, 5.41) is 9.17. The van der Waals surface area contributed by atoms with Crippen LogP contribution in [0.4, 0.5) is 0 Å². The van der Waals surface area contributed by atoms with Crippen molar-refractivity contribution in [1.82, 2.24) is 4.98 Å². The second-order valence-electron chi connectivity index (χ2n) is 5.27. The predicted octanol–water partition coefficient (Wildman–Crippen LogP) is 2.08. The van der Waals surface area contributed by atoms with Gasteiger partial charge in [0.1, 0.15) is 11.8 Å². The van der Waals surface area contributed by atoms with Crippen molar-refractivity contribution < 1.29 is 19.0 Å². The Hall–Kier alpha value is -1.84. The van der Waals surface area contributed by atoms with E-state index in [0.717, 1.165) is 37.0 Å². The number of aromatic amines is 1. The van der Waals surface area contributed by atoms with Crippen molar-refractivity contribution in [3.05, 3.63) is 23.0 Å². The van der Waals surface area contributed by atoms with Crippen LogP contribution in [0.25, 0.3) is 0 Å². The van der Waals surface area contributed by atoms with E-state index in [-0.39, 0.29) is 12.3 Å². The number of H-pyrrole nitrogens is 1. The summed E-state index contributed by atoms with van der Waals surface area (Å²) in [6.45, 7) is 1.26. The molecule has 1 N–H and O–H groups in total. The number of nitrogens with zero attached hydrogens (tertiary/aromatic N) is 1. The maximum absolute atomic E-state index is 11.3. The van der Waals surface area contributed by atoms with Gasteiger partial charge in [0.15, 0.2) is 6.29 Å². The van der Waals surface area contributed by atoms with Crippen LogP contribution in [0.15, 0.2) is 6.20 Å². The Labute approximate surface area is 130 Å². The molecule has 1 aliphatic rings. The third-order valence-electron chi connectivity index (χ3n) is 3.81. The molecule has 1 saturated heterocycles. The van der Waals surface area contributed by atoms with Crippen LogP contribution in [0.1, 0.15) is 42.5 Å². The highest BCUT2D eigenvalue weighted by atomic mass is 16.7. The van der Waals surface area contributed by atoms with E-state index in [9.17, 15) is 4.79 Å². The zero-order valence-electron chi connectivity index (χ0n) is 12.9. The summed E-state index contributed by atoms with van der Waals surface area (Å²) >= 11 is 0. The highest BCUT2D eigenvalue weighted by Crippen LogP contribution is 2.18. The van der Waals surface area contributed by atoms with E-state index in [0.29, 0.717) is 31.6 Å². The Morgan fingerprint density at radius 2 is 2.36 bits per heavy atom. The summed E-state index contributed by atoms with van der Waals surface area (Å²) in [5.41, 5.74) is 2.42. The summed E-state index contributed by atoms with van der Waals surface area (Å²) < 4.78 is 15.9. The molecular formula is C16H22N2O4. The van der Waals surface area contributed by atoms with Gasteiger partial charge in [-0.25, -0.2) is 0 Å². The lowest BCUT2D eigenvalue weighted by atomic mass is 10.2. The first-order valence-corrected chi connectivity index (χ1v) is 7.64. The minimum Gasteiger partial charge on any atom is -0.469 e. The van der Waals surface area contributed by atoms with Crippen LogP contribution >= 0.6 is 0 Å². The van der Waals surface area contributed by atoms with Crippen LogP contribution < -0.4 is 0 Å². The van der Waals surface area contributed by atoms with E-state index in [1.54, 1.807) is 6.20 Å². The summed E-state index contributed by atoms with van der Waals surface area (Å²) in [5.74, 6) is -0.252. The van der Waals surface area contributed by atoms with Crippen molar-refractivity contribution in [3.63, 3.8) is 0 Å². The number of esters is 1. The molecule has 0 aliphatic carbocycles. The van der Waals surface area contributed by atoms with Crippen LogP contribution in [-0.2, 0) is 31.8 Å². The number of nitriles is 1. The molecular weight excluding hydrogens is 285 g/mol. The van der Waals surface area contributed by atoms with Gasteiger partial charge < -0.3 is 19.2 Å². The third-order valence-corrected chi connectivity index (χ3v) is 3.81. The van der Waals surface area contributed by atoms with E-state index in [1.807, 2.05) is 0 Å². The summed E-state index contributed by atoms with van der Waals surface area (Å²) in [4.78, 5) is 14.2. The fraction of sp³-hybridized carbons (Fsp3) is 0.625. The van der Waals surface area contributed by atoms with Crippen molar-refractivity contribution in [2.24, 2.45) is 0 Å². The Kier molecular flexibility index (Phi) is 6.44. The molecule has 22 heavy (non-hydrogen) atoms. The fourth-order valence-corrected chi connectivity index (χ4v) is 2.58. The average Bonchev–Trinajstić information content (AvgIpc) is 2.95. The number of carbonyl (C=O) groups excluding carboxylic acids is 1. The normalized spacial score (nSPS) is 17.9. The smallest absolute Gasteiger partial charge is 0.305 e. The van der Waals surface area contributed by atoms with Crippen molar-refractivity contribution >= 4 is 5.97 Å². The fourth-order valence-electron chi connectivity index (χ4n) is 2.58. The summed E-state index contributed by atoms with van der Waals surface area (Å²) in [7, 11) is 1.37. The summed E-state index contributed by atoms with van der Waals surface area (Å²) in [6, 6.07) is 2.15. The Morgan fingerprint density at radius 1 is 1.50 bits per heavy atom. The molecule has 1 aromatic heterocycles. The number of methoxy groups -OCH3 is 1. The van der Waals surface area contributed by atoms with Crippen molar-refractivity contribution in [1.29, 1.82) is 5.26 Å². The van der Waals surface area contributed by atoms with E-state index in [4.69, 9.17) is 14.7 Å². The standard InChI is InChI=1S/C16H22N2O4/c1-20-15(19)6-5-12-11-18-14(10-17)13(12)7-9-22-16-4-2-3-8-21-16/h11,16,18H,2-9H2,1H3/i12+1. The van der Waals surface area contributed by atoms with Gasteiger partial charge >= 0.3 is 5.97 Å². The molecule has 0 bridgehead atoms. The van der Waals surface area contributed by atoms with Crippen molar-refractivity contribution in [2.75, 3.05) is 20.3 Å². The number of rotatable bonds is 7. The molecule has 0 saturated carbocycles. The molecule has 120 valence electrons. The lowest BCUT2D eigenvalue weighted by Crippen LogP contribution is -2.23.